The molecule has 0 bridgehead atoms. The summed E-state index contributed by atoms with van der Waals surface area (Å²) in [4.78, 5) is 1.31. The maximum Gasteiger partial charge on any atom is 0.0430 e. The molecule has 3 aromatic rings. The van der Waals surface area contributed by atoms with E-state index >= 15 is 0 Å². The molecule has 0 saturated heterocycles. The average molecular weight is 293 g/mol. The van der Waals surface area contributed by atoms with Gasteiger partial charge in [0.15, 0.2) is 0 Å². The molecule has 1 heterocycles. The van der Waals surface area contributed by atoms with E-state index in [1.807, 2.05) is 0 Å². The van der Waals surface area contributed by atoms with Gasteiger partial charge in [0.1, 0.15) is 0 Å². The predicted molar refractivity (Wildman–Crippen MR) is 92.9 cm³/mol. The Hall–Kier alpha value is -2.06. The number of thiophene rings is 1. The monoisotopic (exact) mass is 293 g/mol. The molecule has 1 nitrogen and oxygen atoms in total. The lowest BCUT2D eigenvalue weighted by molar-refractivity contribution is 1.04. The largest absolute Gasteiger partial charge is 0.380 e. The maximum atomic E-state index is 3.60. The van der Waals surface area contributed by atoms with E-state index in [2.05, 4.69) is 78.3 Å². The smallest absolute Gasteiger partial charge is 0.0430 e. The quantitative estimate of drug-likeness (QED) is 0.646. The standard InChI is InChI=1S/C19H19NS/c1-2-15-8-3-4-9-16(15)14-20-18-11-6-5-10-17(18)19-12-7-13-21-19/h3-13,20H,2,14H2,1H3. The molecule has 0 unspecified atom stereocenters. The zero-order chi connectivity index (χ0) is 14.5. The number of aryl methyl sites for hydroxylation is 1. The van der Waals surface area contributed by atoms with Crippen LogP contribution in [0.5, 0.6) is 0 Å². The van der Waals surface area contributed by atoms with Crippen molar-refractivity contribution in [1.82, 2.24) is 0 Å². The molecular formula is C19H19NS. The zero-order valence-electron chi connectivity index (χ0n) is 12.2. The second-order valence-electron chi connectivity index (χ2n) is 5.00. The van der Waals surface area contributed by atoms with Crippen LogP contribution in [-0.4, -0.2) is 0 Å². The van der Waals surface area contributed by atoms with Crippen molar-refractivity contribution < 1.29 is 0 Å². The fraction of sp³-hybridized carbons (Fsp3) is 0.158. The number of hydrogen-bond acceptors (Lipinski definition) is 2. The van der Waals surface area contributed by atoms with Gasteiger partial charge in [0, 0.05) is 22.7 Å². The molecule has 0 aliphatic heterocycles. The number of rotatable bonds is 5. The number of hydrogen-bond donors (Lipinski definition) is 1. The highest BCUT2D eigenvalue weighted by molar-refractivity contribution is 7.13. The molecule has 1 N–H and O–H groups in total. The van der Waals surface area contributed by atoms with E-state index in [1.165, 1.54) is 27.3 Å². The van der Waals surface area contributed by atoms with Crippen molar-refractivity contribution in [2.45, 2.75) is 19.9 Å². The first-order chi connectivity index (χ1) is 10.4. The maximum absolute atomic E-state index is 3.60. The Kier molecular flexibility index (Phi) is 4.37. The summed E-state index contributed by atoms with van der Waals surface area (Å²) < 4.78 is 0. The number of para-hydroxylation sites is 1. The van der Waals surface area contributed by atoms with Gasteiger partial charge in [-0.2, -0.15) is 0 Å². The fourth-order valence-electron chi connectivity index (χ4n) is 2.55. The number of benzene rings is 2. The number of nitrogens with one attached hydrogen (secondary N) is 1. The van der Waals surface area contributed by atoms with Gasteiger partial charge >= 0.3 is 0 Å². The second kappa shape index (κ2) is 6.59. The highest BCUT2D eigenvalue weighted by atomic mass is 32.1. The van der Waals surface area contributed by atoms with Crippen LogP contribution in [0.25, 0.3) is 10.4 Å². The minimum atomic E-state index is 0.867. The molecule has 0 amide bonds. The summed E-state index contributed by atoms with van der Waals surface area (Å²) in [5.41, 5.74) is 5.27. The Bertz CT molecular complexity index is 701. The van der Waals surface area contributed by atoms with E-state index < -0.39 is 0 Å². The molecule has 0 aliphatic rings. The van der Waals surface area contributed by atoms with Crippen molar-refractivity contribution in [2.75, 3.05) is 5.32 Å². The minimum Gasteiger partial charge on any atom is -0.380 e. The SMILES string of the molecule is CCc1ccccc1CNc1ccccc1-c1cccs1. The summed E-state index contributed by atoms with van der Waals surface area (Å²) in [6.07, 6.45) is 1.07. The normalized spacial score (nSPS) is 10.5. The van der Waals surface area contributed by atoms with E-state index in [9.17, 15) is 0 Å². The van der Waals surface area contributed by atoms with Crippen molar-refractivity contribution >= 4 is 17.0 Å². The molecule has 21 heavy (non-hydrogen) atoms. The van der Waals surface area contributed by atoms with E-state index in [0.717, 1.165) is 13.0 Å². The third kappa shape index (κ3) is 3.17. The Labute approximate surface area is 130 Å². The van der Waals surface area contributed by atoms with Gasteiger partial charge in [0.2, 0.25) is 0 Å². The van der Waals surface area contributed by atoms with Gasteiger partial charge in [0.05, 0.1) is 0 Å². The van der Waals surface area contributed by atoms with Crippen molar-refractivity contribution in [3.8, 4) is 10.4 Å². The van der Waals surface area contributed by atoms with E-state index in [4.69, 9.17) is 0 Å². The lowest BCUT2D eigenvalue weighted by atomic mass is 10.0. The van der Waals surface area contributed by atoms with Crippen LogP contribution in [0, 0.1) is 0 Å². The van der Waals surface area contributed by atoms with Crippen LogP contribution in [0.2, 0.25) is 0 Å². The first kappa shape index (κ1) is 13.9. The third-order valence-corrected chi connectivity index (χ3v) is 4.59. The van der Waals surface area contributed by atoms with E-state index in [-0.39, 0.29) is 0 Å². The molecule has 1 aromatic heterocycles. The summed E-state index contributed by atoms with van der Waals surface area (Å²) in [6.45, 7) is 3.07. The van der Waals surface area contributed by atoms with Crippen LogP contribution in [0.4, 0.5) is 5.69 Å². The Morgan fingerprint density at radius 2 is 1.62 bits per heavy atom. The Morgan fingerprint density at radius 3 is 2.38 bits per heavy atom. The van der Waals surface area contributed by atoms with Gasteiger partial charge in [-0.05, 0) is 35.1 Å². The van der Waals surface area contributed by atoms with Crippen molar-refractivity contribution in [3.05, 3.63) is 77.2 Å². The summed E-state index contributed by atoms with van der Waals surface area (Å²) >= 11 is 1.78. The van der Waals surface area contributed by atoms with Gasteiger partial charge in [-0.1, -0.05) is 55.5 Å². The zero-order valence-corrected chi connectivity index (χ0v) is 13.0. The lowest BCUT2D eigenvalue weighted by Gasteiger charge is -2.13. The van der Waals surface area contributed by atoms with E-state index in [1.54, 1.807) is 11.3 Å². The second-order valence-corrected chi connectivity index (χ2v) is 5.95. The summed E-state index contributed by atoms with van der Waals surface area (Å²) in [5, 5.41) is 5.72. The van der Waals surface area contributed by atoms with Crippen LogP contribution >= 0.6 is 11.3 Å². The van der Waals surface area contributed by atoms with Gasteiger partial charge in [-0.15, -0.1) is 11.3 Å². The summed E-state index contributed by atoms with van der Waals surface area (Å²) in [7, 11) is 0. The van der Waals surface area contributed by atoms with Crippen molar-refractivity contribution in [1.29, 1.82) is 0 Å². The van der Waals surface area contributed by atoms with Crippen molar-refractivity contribution in [2.24, 2.45) is 0 Å². The minimum absolute atomic E-state index is 0.867. The van der Waals surface area contributed by atoms with Gasteiger partial charge in [-0.25, -0.2) is 0 Å². The van der Waals surface area contributed by atoms with Crippen LogP contribution < -0.4 is 5.32 Å². The summed E-state index contributed by atoms with van der Waals surface area (Å²) in [5.74, 6) is 0. The first-order valence-electron chi connectivity index (χ1n) is 7.32. The molecule has 106 valence electrons. The third-order valence-electron chi connectivity index (χ3n) is 3.68. The van der Waals surface area contributed by atoms with Gasteiger partial charge in [-0.3, -0.25) is 0 Å². The Balaban J connectivity index is 1.83. The Morgan fingerprint density at radius 1 is 0.857 bits per heavy atom. The number of anilines is 1. The average Bonchev–Trinajstić information content (AvgIpc) is 3.08. The molecule has 3 rings (SSSR count). The van der Waals surface area contributed by atoms with Crippen molar-refractivity contribution in [3.63, 3.8) is 0 Å². The van der Waals surface area contributed by atoms with Gasteiger partial charge in [0.25, 0.3) is 0 Å². The van der Waals surface area contributed by atoms with Crippen LogP contribution in [0.3, 0.4) is 0 Å². The molecular weight excluding hydrogens is 274 g/mol. The molecule has 0 aliphatic carbocycles. The summed E-state index contributed by atoms with van der Waals surface area (Å²) in [6, 6.07) is 21.4. The van der Waals surface area contributed by atoms with Crippen LogP contribution in [0.1, 0.15) is 18.1 Å². The highest BCUT2D eigenvalue weighted by Gasteiger charge is 2.06. The van der Waals surface area contributed by atoms with Crippen LogP contribution in [-0.2, 0) is 13.0 Å². The molecule has 2 aromatic carbocycles. The molecule has 0 fully saturated rings. The molecule has 0 spiro atoms. The van der Waals surface area contributed by atoms with Crippen LogP contribution in [0.15, 0.2) is 66.0 Å². The molecule has 0 saturated carbocycles. The first-order valence-corrected chi connectivity index (χ1v) is 8.20. The fourth-order valence-corrected chi connectivity index (χ4v) is 3.32. The highest BCUT2D eigenvalue weighted by Crippen LogP contribution is 2.31. The van der Waals surface area contributed by atoms with E-state index in [0.29, 0.717) is 0 Å². The molecule has 2 heteroatoms. The topological polar surface area (TPSA) is 12.0 Å². The van der Waals surface area contributed by atoms with Gasteiger partial charge < -0.3 is 5.32 Å². The molecule has 0 radical (unpaired) electrons. The molecule has 0 atom stereocenters. The predicted octanol–water partition coefficient (Wildman–Crippen LogP) is 5.59. The lowest BCUT2D eigenvalue weighted by Crippen LogP contribution is -2.03.